The van der Waals surface area contributed by atoms with Crippen LogP contribution >= 0.6 is 0 Å². The molecule has 0 amide bonds. The third kappa shape index (κ3) is 1.92. The van der Waals surface area contributed by atoms with Gasteiger partial charge in [0.25, 0.3) is 0 Å². The van der Waals surface area contributed by atoms with Gasteiger partial charge in [-0.2, -0.15) is 0 Å². The number of benzene rings is 1. The van der Waals surface area contributed by atoms with E-state index in [0.29, 0.717) is 6.04 Å². The standard InChI is InChI=1S/C13H19N/c1-10-6-3-4-8-12(10)14-13-9-5-7-11(13)2/h3-4,6,8,11,13-14H,5,7,9H2,1-2H3/t11-,13-/m0/s1. The molecule has 0 heterocycles. The normalized spacial score (nSPS) is 26.4. The van der Waals surface area contributed by atoms with Crippen LogP contribution in [0.3, 0.4) is 0 Å². The van der Waals surface area contributed by atoms with Crippen LogP contribution in [0.15, 0.2) is 24.3 Å². The highest BCUT2D eigenvalue weighted by Crippen LogP contribution is 2.28. The van der Waals surface area contributed by atoms with E-state index in [4.69, 9.17) is 0 Å². The molecule has 1 saturated carbocycles. The van der Waals surface area contributed by atoms with Crippen molar-refractivity contribution in [2.45, 2.75) is 39.2 Å². The molecule has 0 saturated heterocycles. The molecule has 0 aliphatic heterocycles. The first-order chi connectivity index (χ1) is 6.77. The molecule has 2 atom stereocenters. The quantitative estimate of drug-likeness (QED) is 0.749. The first-order valence-electron chi connectivity index (χ1n) is 5.59. The van der Waals surface area contributed by atoms with Gasteiger partial charge in [0.15, 0.2) is 0 Å². The maximum absolute atomic E-state index is 3.66. The second kappa shape index (κ2) is 4.04. The van der Waals surface area contributed by atoms with E-state index < -0.39 is 0 Å². The molecule has 0 aromatic heterocycles. The maximum atomic E-state index is 3.66. The van der Waals surface area contributed by atoms with Gasteiger partial charge in [0, 0.05) is 11.7 Å². The number of aryl methyl sites for hydroxylation is 1. The predicted octanol–water partition coefficient (Wildman–Crippen LogP) is 3.60. The summed E-state index contributed by atoms with van der Waals surface area (Å²) in [4.78, 5) is 0. The summed E-state index contributed by atoms with van der Waals surface area (Å²) in [5.74, 6) is 0.828. The van der Waals surface area contributed by atoms with Crippen molar-refractivity contribution in [3.8, 4) is 0 Å². The summed E-state index contributed by atoms with van der Waals surface area (Å²) in [6, 6.07) is 9.24. The Labute approximate surface area is 86.5 Å². The van der Waals surface area contributed by atoms with Crippen LogP contribution in [0.5, 0.6) is 0 Å². The molecule has 76 valence electrons. The van der Waals surface area contributed by atoms with Gasteiger partial charge >= 0.3 is 0 Å². The summed E-state index contributed by atoms with van der Waals surface area (Å²) in [5, 5.41) is 3.66. The molecule has 0 spiro atoms. The Morgan fingerprint density at radius 1 is 1.21 bits per heavy atom. The van der Waals surface area contributed by atoms with E-state index >= 15 is 0 Å². The SMILES string of the molecule is Cc1ccccc1N[C@H]1CCC[C@@H]1C. The number of hydrogen-bond acceptors (Lipinski definition) is 1. The zero-order valence-electron chi connectivity index (χ0n) is 9.09. The summed E-state index contributed by atoms with van der Waals surface area (Å²) < 4.78 is 0. The molecule has 14 heavy (non-hydrogen) atoms. The lowest BCUT2D eigenvalue weighted by atomic mass is 10.1. The van der Waals surface area contributed by atoms with Crippen LogP contribution in [0.1, 0.15) is 31.7 Å². The van der Waals surface area contributed by atoms with Crippen molar-refractivity contribution in [3.05, 3.63) is 29.8 Å². The predicted molar refractivity (Wildman–Crippen MR) is 61.6 cm³/mol. The average molecular weight is 189 g/mol. The molecule has 1 fully saturated rings. The summed E-state index contributed by atoms with van der Waals surface area (Å²) in [7, 11) is 0. The molecular weight excluding hydrogens is 170 g/mol. The Morgan fingerprint density at radius 2 is 2.00 bits per heavy atom. The van der Waals surface area contributed by atoms with Gasteiger partial charge in [-0.25, -0.2) is 0 Å². The Morgan fingerprint density at radius 3 is 2.64 bits per heavy atom. The van der Waals surface area contributed by atoms with E-state index in [9.17, 15) is 0 Å². The van der Waals surface area contributed by atoms with Gasteiger partial charge in [-0.05, 0) is 37.3 Å². The van der Waals surface area contributed by atoms with E-state index in [1.807, 2.05) is 0 Å². The first-order valence-corrected chi connectivity index (χ1v) is 5.59. The van der Waals surface area contributed by atoms with Gasteiger partial charge in [-0.15, -0.1) is 0 Å². The van der Waals surface area contributed by atoms with Crippen LogP contribution in [-0.2, 0) is 0 Å². The third-order valence-corrected chi connectivity index (χ3v) is 3.35. The molecule has 1 aromatic carbocycles. The molecule has 1 N–H and O–H groups in total. The molecule has 1 aliphatic rings. The van der Waals surface area contributed by atoms with Gasteiger partial charge in [0.2, 0.25) is 0 Å². The molecule has 0 unspecified atom stereocenters. The number of rotatable bonds is 2. The minimum atomic E-state index is 0.691. The van der Waals surface area contributed by atoms with E-state index in [2.05, 4.69) is 43.4 Å². The number of anilines is 1. The third-order valence-electron chi connectivity index (χ3n) is 3.35. The minimum Gasteiger partial charge on any atom is -0.382 e. The van der Waals surface area contributed by atoms with Crippen molar-refractivity contribution in [1.82, 2.24) is 0 Å². The second-order valence-corrected chi connectivity index (χ2v) is 4.47. The van der Waals surface area contributed by atoms with E-state index in [1.165, 1.54) is 30.5 Å². The monoisotopic (exact) mass is 189 g/mol. The lowest BCUT2D eigenvalue weighted by Crippen LogP contribution is -2.22. The number of hydrogen-bond donors (Lipinski definition) is 1. The van der Waals surface area contributed by atoms with E-state index in [1.54, 1.807) is 0 Å². The molecular formula is C13H19N. The zero-order chi connectivity index (χ0) is 9.97. The van der Waals surface area contributed by atoms with Crippen LogP contribution < -0.4 is 5.32 Å². The molecule has 1 aromatic rings. The van der Waals surface area contributed by atoms with Crippen LogP contribution in [0, 0.1) is 12.8 Å². The van der Waals surface area contributed by atoms with Crippen molar-refractivity contribution in [3.63, 3.8) is 0 Å². The van der Waals surface area contributed by atoms with Crippen LogP contribution in [0.2, 0.25) is 0 Å². The Hall–Kier alpha value is -0.980. The molecule has 1 heteroatoms. The van der Waals surface area contributed by atoms with Crippen molar-refractivity contribution < 1.29 is 0 Å². The van der Waals surface area contributed by atoms with Crippen LogP contribution in [-0.4, -0.2) is 6.04 Å². The fraction of sp³-hybridized carbons (Fsp3) is 0.538. The molecule has 2 rings (SSSR count). The lowest BCUT2D eigenvalue weighted by molar-refractivity contribution is 0.556. The Bertz CT molecular complexity index is 306. The second-order valence-electron chi connectivity index (χ2n) is 4.47. The molecule has 0 bridgehead atoms. The summed E-state index contributed by atoms with van der Waals surface area (Å²) in [5.41, 5.74) is 2.66. The largest absolute Gasteiger partial charge is 0.382 e. The van der Waals surface area contributed by atoms with Crippen molar-refractivity contribution >= 4 is 5.69 Å². The summed E-state index contributed by atoms with van der Waals surface area (Å²) in [6.07, 6.45) is 4.09. The van der Waals surface area contributed by atoms with Gasteiger partial charge in [0.1, 0.15) is 0 Å². The highest BCUT2D eigenvalue weighted by molar-refractivity contribution is 5.51. The van der Waals surface area contributed by atoms with Gasteiger partial charge in [-0.3, -0.25) is 0 Å². The van der Waals surface area contributed by atoms with Crippen LogP contribution in [0.25, 0.3) is 0 Å². The van der Waals surface area contributed by atoms with Gasteiger partial charge in [0.05, 0.1) is 0 Å². The van der Waals surface area contributed by atoms with Crippen molar-refractivity contribution in [2.24, 2.45) is 5.92 Å². The Balaban J connectivity index is 2.07. The fourth-order valence-corrected chi connectivity index (χ4v) is 2.29. The highest BCUT2D eigenvalue weighted by atomic mass is 14.9. The van der Waals surface area contributed by atoms with Crippen LogP contribution in [0.4, 0.5) is 5.69 Å². The minimum absolute atomic E-state index is 0.691. The highest BCUT2D eigenvalue weighted by Gasteiger charge is 2.22. The maximum Gasteiger partial charge on any atom is 0.0372 e. The molecule has 0 radical (unpaired) electrons. The average Bonchev–Trinajstić information content (AvgIpc) is 2.56. The smallest absolute Gasteiger partial charge is 0.0372 e. The molecule has 1 nitrogen and oxygen atoms in total. The van der Waals surface area contributed by atoms with E-state index in [-0.39, 0.29) is 0 Å². The number of nitrogens with one attached hydrogen (secondary N) is 1. The zero-order valence-corrected chi connectivity index (χ0v) is 9.09. The fourth-order valence-electron chi connectivity index (χ4n) is 2.29. The number of para-hydroxylation sites is 1. The lowest BCUT2D eigenvalue weighted by Gasteiger charge is -2.19. The van der Waals surface area contributed by atoms with Gasteiger partial charge < -0.3 is 5.32 Å². The van der Waals surface area contributed by atoms with Crippen molar-refractivity contribution in [2.75, 3.05) is 5.32 Å². The first kappa shape index (κ1) is 9.57. The van der Waals surface area contributed by atoms with Gasteiger partial charge in [-0.1, -0.05) is 31.5 Å². The summed E-state index contributed by atoms with van der Waals surface area (Å²) in [6.45, 7) is 4.52. The van der Waals surface area contributed by atoms with E-state index in [0.717, 1.165) is 5.92 Å². The Kier molecular flexibility index (Phi) is 2.76. The summed E-state index contributed by atoms with van der Waals surface area (Å²) >= 11 is 0. The van der Waals surface area contributed by atoms with Crippen molar-refractivity contribution in [1.29, 1.82) is 0 Å². The topological polar surface area (TPSA) is 12.0 Å². The molecule has 1 aliphatic carbocycles.